The summed E-state index contributed by atoms with van der Waals surface area (Å²) in [6.45, 7) is 1.96. The van der Waals surface area contributed by atoms with Crippen LogP contribution < -0.4 is 4.74 Å². The van der Waals surface area contributed by atoms with Gasteiger partial charge < -0.3 is 9.47 Å². The van der Waals surface area contributed by atoms with Gasteiger partial charge >= 0.3 is 6.09 Å². The molecule has 0 spiro atoms. The summed E-state index contributed by atoms with van der Waals surface area (Å²) in [6.07, 6.45) is 1.02. The second kappa shape index (κ2) is 7.54. The highest BCUT2D eigenvalue weighted by molar-refractivity contribution is 6.06. The fourth-order valence-corrected chi connectivity index (χ4v) is 4.13. The first-order valence-corrected chi connectivity index (χ1v) is 9.49. The van der Waals surface area contributed by atoms with E-state index in [1.807, 2.05) is 18.2 Å². The summed E-state index contributed by atoms with van der Waals surface area (Å²) in [5.41, 5.74) is 3.55. The average molecular weight is 395 g/mol. The number of hydrogen-bond acceptors (Lipinski definition) is 6. The van der Waals surface area contributed by atoms with Gasteiger partial charge in [-0.3, -0.25) is 10.1 Å². The lowest BCUT2D eigenvalue weighted by Gasteiger charge is -2.29. The molecule has 0 fully saturated rings. The molecule has 1 aliphatic heterocycles. The van der Waals surface area contributed by atoms with Crippen LogP contribution in [0.5, 0.6) is 5.75 Å². The zero-order valence-electron chi connectivity index (χ0n) is 16.2. The van der Waals surface area contributed by atoms with Crippen molar-refractivity contribution in [3.05, 3.63) is 69.3 Å². The van der Waals surface area contributed by atoms with Gasteiger partial charge in [0.25, 0.3) is 5.69 Å². The minimum absolute atomic E-state index is 0.0132. The van der Waals surface area contributed by atoms with Crippen LogP contribution in [0, 0.1) is 16.0 Å². The minimum atomic E-state index is -0.555. The summed E-state index contributed by atoms with van der Waals surface area (Å²) in [5, 5.41) is 17.2. The summed E-state index contributed by atoms with van der Waals surface area (Å²) < 4.78 is 10.5. The van der Waals surface area contributed by atoms with Gasteiger partial charge in [0.2, 0.25) is 0 Å². The number of fused-ring (bicyclic) bond motifs is 3. The van der Waals surface area contributed by atoms with Gasteiger partial charge in [-0.2, -0.15) is 10.1 Å². The van der Waals surface area contributed by atoms with Crippen LogP contribution in [0.1, 0.15) is 36.1 Å². The first-order chi connectivity index (χ1) is 14.0. The van der Waals surface area contributed by atoms with Crippen LogP contribution in [0.15, 0.2) is 47.6 Å². The molecule has 1 heterocycles. The summed E-state index contributed by atoms with van der Waals surface area (Å²) in [5.74, 6) is 0.709. The lowest BCUT2D eigenvalue weighted by molar-refractivity contribution is -0.385. The molecule has 0 saturated carbocycles. The van der Waals surface area contributed by atoms with Crippen LogP contribution >= 0.6 is 0 Å². The number of aryl methyl sites for hydroxylation is 1. The van der Waals surface area contributed by atoms with Gasteiger partial charge in [0, 0.05) is 23.6 Å². The molecule has 0 radical (unpaired) electrons. The predicted octanol–water partition coefficient (Wildman–Crippen LogP) is 4.08. The SMILES string of the molecule is CCOC(=O)N1N=C2c3ccc(OC)cc3CC[C@@H]2[C@H]1c1cccc([N+](=O)[O-])c1. The van der Waals surface area contributed by atoms with Crippen molar-refractivity contribution in [3.8, 4) is 5.75 Å². The number of carbonyl (C=O) groups excluding carboxylic acids is 1. The molecule has 8 heteroatoms. The topological polar surface area (TPSA) is 94.3 Å². The largest absolute Gasteiger partial charge is 0.497 e. The number of methoxy groups -OCH3 is 1. The Labute approximate surface area is 167 Å². The van der Waals surface area contributed by atoms with Gasteiger partial charge in [0.1, 0.15) is 5.75 Å². The smallest absolute Gasteiger partial charge is 0.430 e. The molecule has 0 unspecified atom stereocenters. The number of hydrogen-bond donors (Lipinski definition) is 0. The van der Waals surface area contributed by atoms with E-state index in [9.17, 15) is 14.9 Å². The third-order valence-electron chi connectivity index (χ3n) is 5.40. The molecule has 0 aromatic heterocycles. The molecule has 2 aromatic carbocycles. The van der Waals surface area contributed by atoms with E-state index in [4.69, 9.17) is 9.47 Å². The molecule has 0 bridgehead atoms. The maximum Gasteiger partial charge on any atom is 0.430 e. The lowest BCUT2D eigenvalue weighted by Crippen LogP contribution is -2.32. The number of non-ortho nitro benzene ring substituents is 1. The molecule has 150 valence electrons. The Morgan fingerprint density at radius 1 is 1.31 bits per heavy atom. The van der Waals surface area contributed by atoms with Gasteiger partial charge in [0.15, 0.2) is 0 Å². The Bertz CT molecular complexity index is 1000. The number of hydrazone groups is 1. The van der Waals surface area contributed by atoms with Crippen molar-refractivity contribution >= 4 is 17.5 Å². The molecule has 1 aliphatic carbocycles. The van der Waals surface area contributed by atoms with Crippen molar-refractivity contribution in [1.29, 1.82) is 0 Å². The third kappa shape index (κ3) is 3.30. The molecule has 2 atom stereocenters. The molecule has 2 aliphatic rings. The lowest BCUT2D eigenvalue weighted by atomic mass is 9.77. The average Bonchev–Trinajstić information content (AvgIpc) is 3.13. The first kappa shape index (κ1) is 18.9. The maximum atomic E-state index is 12.6. The second-order valence-corrected chi connectivity index (χ2v) is 6.99. The number of nitro groups is 1. The van der Waals surface area contributed by atoms with E-state index in [-0.39, 0.29) is 18.2 Å². The number of nitro benzene ring substituents is 1. The number of amides is 1. The summed E-state index contributed by atoms with van der Waals surface area (Å²) in [4.78, 5) is 23.5. The Kier molecular flexibility index (Phi) is 4.92. The summed E-state index contributed by atoms with van der Waals surface area (Å²) in [6, 6.07) is 11.8. The molecule has 0 N–H and O–H groups in total. The van der Waals surface area contributed by atoms with Gasteiger partial charge in [-0.25, -0.2) is 4.79 Å². The Hall–Kier alpha value is -3.42. The summed E-state index contributed by atoms with van der Waals surface area (Å²) in [7, 11) is 1.63. The van der Waals surface area contributed by atoms with Crippen LogP contribution in [0.4, 0.5) is 10.5 Å². The maximum absolute atomic E-state index is 12.6. The van der Waals surface area contributed by atoms with Crippen molar-refractivity contribution in [2.24, 2.45) is 11.0 Å². The van der Waals surface area contributed by atoms with Crippen LogP contribution in [-0.2, 0) is 11.2 Å². The highest BCUT2D eigenvalue weighted by Gasteiger charge is 2.45. The second-order valence-electron chi connectivity index (χ2n) is 6.99. The Morgan fingerprint density at radius 2 is 2.14 bits per heavy atom. The number of benzene rings is 2. The first-order valence-electron chi connectivity index (χ1n) is 9.49. The monoisotopic (exact) mass is 395 g/mol. The zero-order chi connectivity index (χ0) is 20.5. The van der Waals surface area contributed by atoms with Crippen LogP contribution in [0.2, 0.25) is 0 Å². The molecule has 4 rings (SSSR count). The van der Waals surface area contributed by atoms with Crippen molar-refractivity contribution in [2.45, 2.75) is 25.8 Å². The number of rotatable bonds is 4. The van der Waals surface area contributed by atoms with E-state index in [1.165, 1.54) is 17.1 Å². The van der Waals surface area contributed by atoms with E-state index >= 15 is 0 Å². The minimum Gasteiger partial charge on any atom is -0.497 e. The molecule has 29 heavy (non-hydrogen) atoms. The molecular formula is C21H21N3O5. The van der Waals surface area contributed by atoms with Crippen LogP contribution in [0.3, 0.4) is 0 Å². The van der Waals surface area contributed by atoms with Gasteiger partial charge in [0.05, 0.1) is 30.4 Å². The Morgan fingerprint density at radius 3 is 2.86 bits per heavy atom. The number of ether oxygens (including phenoxy) is 2. The van der Waals surface area contributed by atoms with Crippen molar-refractivity contribution in [2.75, 3.05) is 13.7 Å². The van der Waals surface area contributed by atoms with E-state index < -0.39 is 17.1 Å². The van der Waals surface area contributed by atoms with Crippen molar-refractivity contribution < 1.29 is 19.2 Å². The van der Waals surface area contributed by atoms with E-state index in [0.29, 0.717) is 5.56 Å². The van der Waals surface area contributed by atoms with E-state index in [0.717, 1.165) is 35.4 Å². The quantitative estimate of drug-likeness (QED) is 0.574. The molecular weight excluding hydrogens is 374 g/mol. The van der Waals surface area contributed by atoms with Crippen LogP contribution in [-0.4, -0.2) is 35.5 Å². The predicted molar refractivity (Wildman–Crippen MR) is 106 cm³/mol. The van der Waals surface area contributed by atoms with Gasteiger partial charge in [-0.15, -0.1) is 0 Å². The highest BCUT2D eigenvalue weighted by Crippen LogP contribution is 2.44. The Balaban J connectivity index is 1.78. The van der Waals surface area contributed by atoms with Crippen molar-refractivity contribution in [3.63, 3.8) is 0 Å². The van der Waals surface area contributed by atoms with Gasteiger partial charge in [-0.05, 0) is 49.1 Å². The fourth-order valence-electron chi connectivity index (χ4n) is 4.13. The molecule has 0 saturated heterocycles. The standard InChI is InChI=1S/C21H21N3O5/c1-3-29-21(25)23-20(14-5-4-6-15(11-14)24(26)27)18-9-7-13-12-16(28-2)8-10-17(13)19(18)22-23/h4-6,8,10-12,18,20H,3,7,9H2,1-2H3/t18-,20+/m0/s1. The van der Waals surface area contributed by atoms with Crippen LogP contribution in [0.25, 0.3) is 0 Å². The van der Waals surface area contributed by atoms with E-state index in [2.05, 4.69) is 5.10 Å². The normalized spacial score (nSPS) is 19.8. The van der Waals surface area contributed by atoms with Crippen molar-refractivity contribution in [1.82, 2.24) is 5.01 Å². The fraction of sp³-hybridized carbons (Fsp3) is 0.333. The zero-order valence-corrected chi connectivity index (χ0v) is 16.2. The third-order valence-corrected chi connectivity index (χ3v) is 5.40. The molecule has 1 amide bonds. The number of carbonyl (C=O) groups is 1. The number of nitrogens with zero attached hydrogens (tertiary/aromatic N) is 3. The van der Waals surface area contributed by atoms with Gasteiger partial charge in [-0.1, -0.05) is 12.1 Å². The highest BCUT2D eigenvalue weighted by atomic mass is 16.6. The van der Waals surface area contributed by atoms with E-state index in [1.54, 1.807) is 26.2 Å². The summed E-state index contributed by atoms with van der Waals surface area (Å²) >= 11 is 0. The molecule has 8 nitrogen and oxygen atoms in total. The molecule has 2 aromatic rings.